The maximum atomic E-state index is 10.4. The summed E-state index contributed by atoms with van der Waals surface area (Å²) in [6.45, 7) is 19.0. The number of aliphatic hydroxyl groups is 1. The summed E-state index contributed by atoms with van der Waals surface area (Å²) in [7, 11) is 0. The Bertz CT molecular complexity index is 795. The highest BCUT2D eigenvalue weighted by Crippen LogP contribution is 2.63. The summed E-state index contributed by atoms with van der Waals surface area (Å²) < 4.78 is 0. The smallest absolute Gasteiger partial charge is 0.0750 e. The molecule has 30 heavy (non-hydrogen) atoms. The lowest BCUT2D eigenvalue weighted by molar-refractivity contribution is 0.0932. The molecular formula is C29H44O. The van der Waals surface area contributed by atoms with Crippen molar-refractivity contribution < 1.29 is 5.11 Å². The Balaban J connectivity index is 1.57. The van der Waals surface area contributed by atoms with Crippen LogP contribution in [0.15, 0.2) is 47.1 Å². The molecule has 1 fully saturated rings. The molecule has 4 rings (SSSR count). The molecule has 7 atom stereocenters. The number of hydrogen-bond donors (Lipinski definition) is 1. The van der Waals surface area contributed by atoms with Crippen LogP contribution in [0.4, 0.5) is 0 Å². The zero-order chi connectivity index (χ0) is 21.8. The number of hydrogen-bond acceptors (Lipinski definition) is 1. The van der Waals surface area contributed by atoms with Crippen molar-refractivity contribution in [3.05, 3.63) is 47.1 Å². The van der Waals surface area contributed by atoms with Gasteiger partial charge in [0, 0.05) is 0 Å². The van der Waals surface area contributed by atoms with E-state index >= 15 is 0 Å². The zero-order valence-electron chi connectivity index (χ0n) is 20.3. The normalized spacial score (nSPS) is 40.1. The van der Waals surface area contributed by atoms with Crippen molar-refractivity contribution in [2.45, 2.75) is 92.6 Å². The maximum absolute atomic E-state index is 10.4. The van der Waals surface area contributed by atoms with Crippen molar-refractivity contribution >= 4 is 0 Å². The molecule has 1 N–H and O–H groups in total. The summed E-state index contributed by atoms with van der Waals surface area (Å²) in [6, 6.07) is 0. The summed E-state index contributed by atoms with van der Waals surface area (Å²) in [5.74, 6) is 3.54. The third-order valence-corrected chi connectivity index (χ3v) is 9.98. The molecule has 0 aromatic rings. The van der Waals surface area contributed by atoms with E-state index in [9.17, 15) is 5.11 Å². The monoisotopic (exact) mass is 408 g/mol. The summed E-state index contributed by atoms with van der Waals surface area (Å²) >= 11 is 0. The molecule has 4 aliphatic carbocycles. The Kier molecular flexibility index (Phi) is 5.76. The van der Waals surface area contributed by atoms with Gasteiger partial charge in [-0.1, -0.05) is 79.2 Å². The van der Waals surface area contributed by atoms with E-state index in [0.717, 1.165) is 48.5 Å². The van der Waals surface area contributed by atoms with Crippen LogP contribution in [0, 0.1) is 40.4 Å². The van der Waals surface area contributed by atoms with Crippen LogP contribution in [-0.4, -0.2) is 11.2 Å². The molecular weight excluding hydrogens is 364 g/mol. The van der Waals surface area contributed by atoms with E-state index in [1.807, 2.05) is 0 Å². The molecule has 0 aromatic carbocycles. The molecule has 0 bridgehead atoms. The van der Waals surface area contributed by atoms with Gasteiger partial charge < -0.3 is 5.11 Å². The summed E-state index contributed by atoms with van der Waals surface area (Å²) in [4.78, 5) is 0. The summed E-state index contributed by atoms with van der Waals surface area (Å²) in [5.41, 5.74) is 6.28. The zero-order valence-corrected chi connectivity index (χ0v) is 20.3. The molecule has 1 saturated carbocycles. The highest BCUT2D eigenvalue weighted by Gasteiger charge is 2.53. The van der Waals surface area contributed by atoms with Crippen molar-refractivity contribution in [2.24, 2.45) is 40.4 Å². The van der Waals surface area contributed by atoms with Gasteiger partial charge in [0.1, 0.15) is 0 Å². The Labute approximate surface area is 185 Å². The van der Waals surface area contributed by atoms with Crippen LogP contribution in [0.25, 0.3) is 0 Å². The SMILES string of the molecule is C=C1[C@@H](O)CC[C@]2(C)C3=CC[C@@]4(C)C(=CC[C@@H]4[C@H](C)CC[C@@H](C)C(C)C)C3=CC[C@@H]12. The first-order chi connectivity index (χ1) is 14.1. The Morgan fingerprint density at radius 3 is 2.40 bits per heavy atom. The van der Waals surface area contributed by atoms with Gasteiger partial charge in [0.15, 0.2) is 0 Å². The Morgan fingerprint density at radius 1 is 1.00 bits per heavy atom. The number of allylic oxidation sites excluding steroid dienone is 6. The fourth-order valence-electron chi connectivity index (χ4n) is 7.27. The van der Waals surface area contributed by atoms with Gasteiger partial charge in [0.25, 0.3) is 0 Å². The van der Waals surface area contributed by atoms with Gasteiger partial charge in [0.05, 0.1) is 6.10 Å². The largest absolute Gasteiger partial charge is 0.389 e. The molecule has 0 saturated heterocycles. The molecule has 0 radical (unpaired) electrons. The lowest BCUT2D eigenvalue weighted by Gasteiger charge is -2.53. The van der Waals surface area contributed by atoms with Gasteiger partial charge in [-0.3, -0.25) is 0 Å². The van der Waals surface area contributed by atoms with Crippen LogP contribution < -0.4 is 0 Å². The van der Waals surface area contributed by atoms with Crippen LogP contribution in [-0.2, 0) is 0 Å². The minimum Gasteiger partial charge on any atom is -0.389 e. The minimum absolute atomic E-state index is 0.152. The van der Waals surface area contributed by atoms with E-state index in [1.165, 1.54) is 25.7 Å². The summed E-state index contributed by atoms with van der Waals surface area (Å²) in [6.07, 6.45) is 15.5. The van der Waals surface area contributed by atoms with E-state index in [4.69, 9.17) is 0 Å². The number of aliphatic hydroxyl groups excluding tert-OH is 1. The average Bonchev–Trinajstić information content (AvgIpc) is 3.06. The second-order valence-electron chi connectivity index (χ2n) is 11.9. The van der Waals surface area contributed by atoms with Crippen LogP contribution in [0.5, 0.6) is 0 Å². The number of rotatable bonds is 5. The third-order valence-electron chi connectivity index (χ3n) is 9.98. The molecule has 0 heterocycles. The third kappa shape index (κ3) is 3.31. The lowest BCUT2D eigenvalue weighted by Crippen LogP contribution is -2.44. The van der Waals surface area contributed by atoms with Crippen molar-refractivity contribution in [1.82, 2.24) is 0 Å². The van der Waals surface area contributed by atoms with Crippen LogP contribution in [0.3, 0.4) is 0 Å². The van der Waals surface area contributed by atoms with Gasteiger partial charge in [-0.05, 0) is 94.8 Å². The van der Waals surface area contributed by atoms with Crippen LogP contribution >= 0.6 is 0 Å². The van der Waals surface area contributed by atoms with E-state index in [1.54, 1.807) is 16.7 Å². The average molecular weight is 409 g/mol. The molecule has 1 heteroatoms. The molecule has 0 aromatic heterocycles. The van der Waals surface area contributed by atoms with Gasteiger partial charge in [-0.15, -0.1) is 0 Å². The fraction of sp³-hybridized carbons (Fsp3) is 0.724. The van der Waals surface area contributed by atoms with Crippen molar-refractivity contribution in [1.29, 1.82) is 0 Å². The first kappa shape index (κ1) is 22.1. The number of fused-ring (bicyclic) bond motifs is 5. The molecule has 0 amide bonds. The topological polar surface area (TPSA) is 20.2 Å². The first-order valence-electron chi connectivity index (χ1n) is 12.6. The predicted octanol–water partition coefficient (Wildman–Crippen LogP) is 7.64. The van der Waals surface area contributed by atoms with E-state index in [0.29, 0.717) is 11.3 Å². The Morgan fingerprint density at radius 2 is 1.70 bits per heavy atom. The van der Waals surface area contributed by atoms with Gasteiger partial charge in [0.2, 0.25) is 0 Å². The van der Waals surface area contributed by atoms with E-state index in [2.05, 4.69) is 66.3 Å². The molecule has 4 aliphatic rings. The molecule has 166 valence electrons. The molecule has 0 aliphatic heterocycles. The Hall–Kier alpha value is -1.08. The molecule has 0 unspecified atom stereocenters. The molecule has 1 nitrogen and oxygen atoms in total. The standard InChI is InChI=1S/C29H44O/c1-18(2)19(3)8-9-20(4)23-12-13-25-22-10-11-24-21(5)27(30)15-17-29(24,7)26(22)14-16-28(23,25)6/h10,13-14,18-20,23-24,27,30H,5,8-9,11-12,15-17H2,1-4,6-7H3/t19-,20-,23-,24+,27+,28-,29+/m1/s1. The first-order valence-corrected chi connectivity index (χ1v) is 12.6. The van der Waals surface area contributed by atoms with Gasteiger partial charge >= 0.3 is 0 Å². The highest BCUT2D eigenvalue weighted by molar-refractivity contribution is 5.59. The lowest BCUT2D eigenvalue weighted by atomic mass is 9.52. The van der Waals surface area contributed by atoms with Gasteiger partial charge in [-0.2, -0.15) is 0 Å². The van der Waals surface area contributed by atoms with Gasteiger partial charge in [-0.25, -0.2) is 0 Å². The van der Waals surface area contributed by atoms with Crippen LogP contribution in [0.1, 0.15) is 86.5 Å². The summed E-state index contributed by atoms with van der Waals surface area (Å²) in [5, 5.41) is 10.4. The second kappa shape index (κ2) is 7.80. The predicted molar refractivity (Wildman–Crippen MR) is 128 cm³/mol. The van der Waals surface area contributed by atoms with Crippen molar-refractivity contribution in [2.75, 3.05) is 0 Å². The second-order valence-corrected chi connectivity index (χ2v) is 11.9. The van der Waals surface area contributed by atoms with E-state index < -0.39 is 0 Å². The quantitative estimate of drug-likeness (QED) is 0.463. The van der Waals surface area contributed by atoms with E-state index in [-0.39, 0.29) is 11.5 Å². The van der Waals surface area contributed by atoms with Crippen molar-refractivity contribution in [3.8, 4) is 0 Å². The maximum Gasteiger partial charge on any atom is 0.0750 e. The molecule has 0 spiro atoms. The van der Waals surface area contributed by atoms with Crippen molar-refractivity contribution in [3.63, 3.8) is 0 Å². The minimum atomic E-state index is -0.309. The van der Waals surface area contributed by atoms with Crippen LogP contribution in [0.2, 0.25) is 0 Å². The highest BCUT2D eigenvalue weighted by atomic mass is 16.3. The fourth-order valence-corrected chi connectivity index (χ4v) is 7.27.